The van der Waals surface area contributed by atoms with Gasteiger partial charge in [0.15, 0.2) is 0 Å². The summed E-state index contributed by atoms with van der Waals surface area (Å²) in [5.74, 6) is 1.55. The van der Waals surface area contributed by atoms with E-state index in [1.54, 1.807) is 26.4 Å². The molecular formula is C26H24ClN3O3. The van der Waals surface area contributed by atoms with E-state index in [1.165, 1.54) is 5.56 Å². The van der Waals surface area contributed by atoms with Crippen molar-refractivity contribution in [3.63, 3.8) is 0 Å². The first-order chi connectivity index (χ1) is 16.1. The maximum absolute atomic E-state index is 13.4. The molecule has 1 aliphatic heterocycles. The largest absolute Gasteiger partial charge is 0.497 e. The van der Waals surface area contributed by atoms with Crippen molar-refractivity contribution in [2.45, 2.75) is 12.5 Å². The molecule has 0 radical (unpaired) electrons. The zero-order valence-corrected chi connectivity index (χ0v) is 19.1. The van der Waals surface area contributed by atoms with E-state index in [9.17, 15) is 4.79 Å². The Morgan fingerprint density at radius 2 is 1.82 bits per heavy atom. The third-order valence-electron chi connectivity index (χ3n) is 6.08. The fourth-order valence-electron chi connectivity index (χ4n) is 4.53. The molecule has 1 atom stereocenters. The standard InChI is InChI=1S/C26H24ClN3O3/c1-32-19-8-3-5-16(13-19)25-24-21(22-15-20(33-2)9-10-23(22)29-24)11-12-30(25)26(31)28-18-7-4-6-17(27)14-18/h3-10,13-15,25,29H,11-12H2,1-2H3,(H,28,31). The highest BCUT2D eigenvalue weighted by Gasteiger charge is 2.35. The molecule has 0 saturated heterocycles. The number of H-pyrrole nitrogens is 1. The maximum Gasteiger partial charge on any atom is 0.322 e. The van der Waals surface area contributed by atoms with Gasteiger partial charge < -0.3 is 24.7 Å². The number of nitrogens with zero attached hydrogens (tertiary/aromatic N) is 1. The zero-order valence-electron chi connectivity index (χ0n) is 18.4. The Bertz CT molecular complexity index is 1330. The number of hydrogen-bond acceptors (Lipinski definition) is 3. The van der Waals surface area contributed by atoms with Crippen LogP contribution in [0.15, 0.2) is 66.7 Å². The maximum atomic E-state index is 13.4. The second kappa shape index (κ2) is 8.71. The topological polar surface area (TPSA) is 66.6 Å². The van der Waals surface area contributed by atoms with Crippen LogP contribution in [0.3, 0.4) is 0 Å². The van der Waals surface area contributed by atoms with Crippen LogP contribution in [0.4, 0.5) is 10.5 Å². The van der Waals surface area contributed by atoms with Crippen LogP contribution in [-0.4, -0.2) is 36.7 Å². The number of rotatable bonds is 4. The summed E-state index contributed by atoms with van der Waals surface area (Å²) in [6, 6.07) is 20.5. The predicted octanol–water partition coefficient (Wildman–Crippen LogP) is 6.02. The summed E-state index contributed by atoms with van der Waals surface area (Å²) in [6.07, 6.45) is 0.728. The number of urea groups is 1. The summed E-state index contributed by atoms with van der Waals surface area (Å²) >= 11 is 6.11. The van der Waals surface area contributed by atoms with E-state index in [4.69, 9.17) is 21.1 Å². The first kappa shape index (κ1) is 21.2. The molecule has 3 aromatic carbocycles. The SMILES string of the molecule is COc1cccc(C2c3[nH]c4ccc(OC)cc4c3CCN2C(=O)Nc2cccc(Cl)c2)c1. The Kier molecular flexibility index (Phi) is 5.60. The van der Waals surface area contributed by atoms with Gasteiger partial charge in [-0.1, -0.05) is 29.8 Å². The van der Waals surface area contributed by atoms with E-state index < -0.39 is 0 Å². The van der Waals surface area contributed by atoms with Gasteiger partial charge in [0, 0.05) is 33.9 Å². The van der Waals surface area contributed by atoms with Crippen molar-refractivity contribution in [3.8, 4) is 11.5 Å². The number of aromatic amines is 1. The number of hydrogen-bond donors (Lipinski definition) is 2. The van der Waals surface area contributed by atoms with Crippen LogP contribution in [0.2, 0.25) is 5.02 Å². The van der Waals surface area contributed by atoms with Gasteiger partial charge in [-0.25, -0.2) is 4.79 Å². The second-order valence-corrected chi connectivity index (χ2v) is 8.43. The molecule has 2 amide bonds. The first-order valence-corrected chi connectivity index (χ1v) is 11.1. The number of ether oxygens (including phenoxy) is 2. The van der Waals surface area contributed by atoms with Gasteiger partial charge in [0.1, 0.15) is 11.5 Å². The van der Waals surface area contributed by atoms with Gasteiger partial charge in [0.05, 0.1) is 20.3 Å². The van der Waals surface area contributed by atoms with Crippen molar-refractivity contribution in [2.24, 2.45) is 0 Å². The predicted molar refractivity (Wildman–Crippen MR) is 131 cm³/mol. The smallest absolute Gasteiger partial charge is 0.322 e. The van der Waals surface area contributed by atoms with Gasteiger partial charge in [-0.3, -0.25) is 0 Å². The molecule has 1 unspecified atom stereocenters. The first-order valence-electron chi connectivity index (χ1n) is 10.7. The van der Waals surface area contributed by atoms with Crippen LogP contribution < -0.4 is 14.8 Å². The molecule has 2 heterocycles. The van der Waals surface area contributed by atoms with Crippen molar-refractivity contribution < 1.29 is 14.3 Å². The van der Waals surface area contributed by atoms with Crippen LogP contribution in [0, 0.1) is 0 Å². The minimum absolute atomic E-state index is 0.188. The number of carbonyl (C=O) groups excluding carboxylic acids is 1. The molecule has 5 rings (SSSR count). The van der Waals surface area contributed by atoms with Gasteiger partial charge in [-0.15, -0.1) is 0 Å². The molecule has 1 aliphatic rings. The molecule has 1 aromatic heterocycles. The van der Waals surface area contributed by atoms with Crippen LogP contribution >= 0.6 is 11.6 Å². The molecule has 33 heavy (non-hydrogen) atoms. The highest BCUT2D eigenvalue weighted by atomic mass is 35.5. The van der Waals surface area contributed by atoms with Gasteiger partial charge in [0.2, 0.25) is 0 Å². The molecule has 0 aliphatic carbocycles. The number of fused-ring (bicyclic) bond motifs is 3. The molecular weight excluding hydrogens is 438 g/mol. The fourth-order valence-corrected chi connectivity index (χ4v) is 4.72. The summed E-state index contributed by atoms with van der Waals surface area (Å²) in [5.41, 5.74) is 4.84. The molecule has 0 bridgehead atoms. The molecule has 7 heteroatoms. The molecule has 2 N–H and O–H groups in total. The molecule has 168 valence electrons. The van der Waals surface area contributed by atoms with Crippen LogP contribution in [0.1, 0.15) is 22.9 Å². The number of amides is 2. The highest BCUT2D eigenvalue weighted by molar-refractivity contribution is 6.30. The summed E-state index contributed by atoms with van der Waals surface area (Å²) in [6.45, 7) is 0.561. The minimum atomic E-state index is -0.304. The Labute approximate surface area is 197 Å². The van der Waals surface area contributed by atoms with Gasteiger partial charge >= 0.3 is 6.03 Å². The number of carbonyl (C=O) groups is 1. The van der Waals surface area contributed by atoms with Crippen molar-refractivity contribution >= 4 is 34.2 Å². The quantitative estimate of drug-likeness (QED) is 0.390. The van der Waals surface area contributed by atoms with Crippen molar-refractivity contribution in [3.05, 3.63) is 88.6 Å². The number of halogens is 1. The normalized spacial score (nSPS) is 15.2. The lowest BCUT2D eigenvalue weighted by Crippen LogP contribution is -2.43. The monoisotopic (exact) mass is 461 g/mol. The summed E-state index contributed by atoms with van der Waals surface area (Å²) in [4.78, 5) is 18.9. The van der Waals surface area contributed by atoms with Crippen LogP contribution in [0.25, 0.3) is 10.9 Å². The molecule has 0 saturated carbocycles. The number of nitrogens with one attached hydrogen (secondary N) is 2. The van der Waals surface area contributed by atoms with E-state index >= 15 is 0 Å². The van der Waals surface area contributed by atoms with Crippen molar-refractivity contribution in [1.82, 2.24) is 9.88 Å². The van der Waals surface area contributed by atoms with Gasteiger partial charge in [-0.05, 0) is 66.1 Å². The molecule has 0 fully saturated rings. The molecule has 4 aromatic rings. The Morgan fingerprint density at radius 3 is 2.61 bits per heavy atom. The van der Waals surface area contributed by atoms with E-state index in [1.807, 2.05) is 53.4 Å². The minimum Gasteiger partial charge on any atom is -0.497 e. The van der Waals surface area contributed by atoms with Crippen molar-refractivity contribution in [1.29, 1.82) is 0 Å². The fraction of sp³-hybridized carbons (Fsp3) is 0.192. The van der Waals surface area contributed by atoms with E-state index in [2.05, 4.69) is 16.4 Å². The lowest BCUT2D eigenvalue weighted by atomic mass is 9.92. The highest BCUT2D eigenvalue weighted by Crippen LogP contribution is 2.40. The van der Waals surface area contributed by atoms with Crippen LogP contribution in [-0.2, 0) is 6.42 Å². The number of anilines is 1. The summed E-state index contributed by atoms with van der Waals surface area (Å²) in [5, 5.41) is 4.69. The third-order valence-corrected chi connectivity index (χ3v) is 6.32. The second-order valence-electron chi connectivity index (χ2n) is 7.99. The summed E-state index contributed by atoms with van der Waals surface area (Å²) < 4.78 is 10.9. The number of methoxy groups -OCH3 is 2. The Hall–Kier alpha value is -3.64. The zero-order chi connectivity index (χ0) is 22.9. The lowest BCUT2D eigenvalue weighted by Gasteiger charge is -2.36. The average Bonchev–Trinajstić information content (AvgIpc) is 3.21. The van der Waals surface area contributed by atoms with E-state index in [0.29, 0.717) is 17.3 Å². The Morgan fingerprint density at radius 1 is 1.03 bits per heavy atom. The lowest BCUT2D eigenvalue weighted by molar-refractivity contribution is 0.193. The molecule has 6 nitrogen and oxygen atoms in total. The van der Waals surface area contributed by atoms with E-state index in [-0.39, 0.29) is 12.1 Å². The number of aromatic nitrogens is 1. The van der Waals surface area contributed by atoms with Crippen LogP contribution in [0.5, 0.6) is 11.5 Å². The molecule has 0 spiro atoms. The number of benzene rings is 3. The summed E-state index contributed by atoms with van der Waals surface area (Å²) in [7, 11) is 3.31. The Balaban J connectivity index is 1.60. The van der Waals surface area contributed by atoms with Gasteiger partial charge in [0.25, 0.3) is 0 Å². The van der Waals surface area contributed by atoms with Gasteiger partial charge in [-0.2, -0.15) is 0 Å². The van der Waals surface area contributed by atoms with Crippen molar-refractivity contribution in [2.75, 3.05) is 26.1 Å². The average molecular weight is 462 g/mol. The third kappa shape index (κ3) is 3.98. The van der Waals surface area contributed by atoms with E-state index in [0.717, 1.165) is 40.1 Å².